The van der Waals surface area contributed by atoms with Crippen LogP contribution in [0.5, 0.6) is 0 Å². The normalized spacial score (nSPS) is 22.1. The molecule has 0 saturated heterocycles. The first-order valence-corrected chi connectivity index (χ1v) is 13.1. The lowest BCUT2D eigenvalue weighted by Gasteiger charge is -2.31. The van der Waals surface area contributed by atoms with Crippen molar-refractivity contribution in [2.45, 2.75) is 76.3 Å². The van der Waals surface area contributed by atoms with Gasteiger partial charge < -0.3 is 0 Å². The zero-order valence-corrected chi connectivity index (χ0v) is 21.4. The second-order valence-electron chi connectivity index (χ2n) is 9.90. The summed E-state index contributed by atoms with van der Waals surface area (Å²) in [5, 5.41) is 0. The molecule has 2 aliphatic rings. The highest BCUT2D eigenvalue weighted by atomic mass is 16.1. The van der Waals surface area contributed by atoms with Gasteiger partial charge in [-0.3, -0.25) is 0 Å². The van der Waals surface area contributed by atoms with Crippen LogP contribution >= 0.6 is 0 Å². The van der Waals surface area contributed by atoms with Crippen LogP contribution in [-0.2, 0) is 25.6 Å². The molecule has 2 aliphatic carbocycles. The monoisotopic (exact) mass is 512 g/mol. The predicted octanol–water partition coefficient (Wildman–Crippen LogP) is 6.38. The van der Waals surface area contributed by atoms with Gasteiger partial charge in [0.25, 0.3) is 0 Å². The van der Waals surface area contributed by atoms with Crippen LogP contribution in [0, 0.1) is 11.8 Å². The molecule has 8 heteroatoms. The van der Waals surface area contributed by atoms with Crippen molar-refractivity contribution in [2.24, 2.45) is 31.8 Å². The van der Waals surface area contributed by atoms with E-state index in [1.54, 1.807) is 36.4 Å². The lowest BCUT2D eigenvalue weighted by molar-refractivity contribution is 0.226. The van der Waals surface area contributed by atoms with Crippen LogP contribution in [0.2, 0.25) is 0 Å². The lowest BCUT2D eigenvalue weighted by Crippen LogP contribution is -2.23. The summed E-state index contributed by atoms with van der Waals surface area (Å²) in [6.45, 7) is 0. The summed E-state index contributed by atoms with van der Waals surface area (Å²) in [5.41, 5.74) is 3.17. The highest BCUT2D eigenvalue weighted by molar-refractivity contribution is 5.55. The van der Waals surface area contributed by atoms with E-state index in [2.05, 4.69) is 20.0 Å². The number of benzene rings is 2. The topological polar surface area (TPSA) is 118 Å². The fraction of sp³-hybridized carbons (Fsp3) is 0.467. The molecular weight excluding hydrogens is 480 g/mol. The Morgan fingerprint density at radius 2 is 1.13 bits per heavy atom. The minimum atomic E-state index is 0.228. The van der Waals surface area contributed by atoms with Gasteiger partial charge >= 0.3 is 0 Å². The molecule has 8 nitrogen and oxygen atoms in total. The number of hydrogen-bond acceptors (Lipinski definition) is 8. The van der Waals surface area contributed by atoms with Gasteiger partial charge in [0.05, 0.1) is 23.5 Å². The van der Waals surface area contributed by atoms with Gasteiger partial charge in [-0.05, 0) is 105 Å². The van der Waals surface area contributed by atoms with Crippen molar-refractivity contribution < 1.29 is 19.2 Å². The first kappa shape index (κ1) is 28.5. The van der Waals surface area contributed by atoms with Gasteiger partial charge in [-0.1, -0.05) is 30.3 Å². The molecule has 196 valence electrons. The van der Waals surface area contributed by atoms with E-state index in [1.165, 1.54) is 38.2 Å². The van der Waals surface area contributed by atoms with Crippen LogP contribution in [0.3, 0.4) is 0 Å². The van der Waals surface area contributed by atoms with Crippen molar-refractivity contribution in [1.29, 1.82) is 0 Å². The van der Waals surface area contributed by atoms with Crippen molar-refractivity contribution in [3.8, 4) is 0 Å². The van der Waals surface area contributed by atoms with Crippen LogP contribution in [0.1, 0.15) is 68.9 Å². The third kappa shape index (κ3) is 9.44. The fourth-order valence-corrected chi connectivity index (χ4v) is 5.42. The van der Waals surface area contributed by atoms with Crippen LogP contribution in [0.15, 0.2) is 68.5 Å². The summed E-state index contributed by atoms with van der Waals surface area (Å²) in [5.74, 6) is 1.60. The van der Waals surface area contributed by atoms with Crippen molar-refractivity contribution in [2.75, 3.05) is 0 Å². The molecule has 2 aromatic rings. The number of carbonyl (C=O) groups excluding carboxylic acids is 4. The zero-order valence-electron chi connectivity index (χ0n) is 21.4. The molecule has 0 aliphatic heterocycles. The summed E-state index contributed by atoms with van der Waals surface area (Å²) >= 11 is 0. The van der Waals surface area contributed by atoms with Crippen molar-refractivity contribution in [3.63, 3.8) is 0 Å². The Morgan fingerprint density at radius 1 is 0.605 bits per heavy atom. The standard InChI is InChI=1S/C15H22N2O2.C15H10N2O2/c18-10-16-14-5-1-12(2-6-14)9-13-3-7-15(8-4-13)17-11-19;18-10-16-14-7-5-12(6-8-14)9-13-3-1-2-4-15(13)17-11-19/h12-15H,1-9H2;1-8H,9H2. The van der Waals surface area contributed by atoms with E-state index in [4.69, 9.17) is 0 Å². The molecule has 0 N–H and O–H groups in total. The number of isocyanates is 4. The predicted molar refractivity (Wildman–Crippen MR) is 144 cm³/mol. The Morgan fingerprint density at radius 3 is 1.63 bits per heavy atom. The molecule has 2 aromatic carbocycles. The molecule has 38 heavy (non-hydrogen) atoms. The van der Waals surface area contributed by atoms with Crippen LogP contribution in [0.4, 0.5) is 11.4 Å². The molecule has 0 radical (unpaired) electrons. The number of rotatable bonds is 8. The Hall–Kier alpha value is -4.04. The molecule has 0 bridgehead atoms. The van der Waals surface area contributed by atoms with Crippen LogP contribution in [0.25, 0.3) is 0 Å². The first-order valence-electron chi connectivity index (χ1n) is 13.1. The molecule has 0 aromatic heterocycles. The van der Waals surface area contributed by atoms with Crippen molar-refractivity contribution in [3.05, 3.63) is 59.7 Å². The van der Waals surface area contributed by atoms with E-state index in [0.717, 1.165) is 48.6 Å². The lowest BCUT2D eigenvalue weighted by atomic mass is 9.76. The molecule has 0 unspecified atom stereocenters. The van der Waals surface area contributed by atoms with E-state index < -0.39 is 0 Å². The van der Waals surface area contributed by atoms with E-state index >= 15 is 0 Å². The summed E-state index contributed by atoms with van der Waals surface area (Å²) in [7, 11) is 0. The average Bonchev–Trinajstić information content (AvgIpc) is 2.94. The second-order valence-corrected chi connectivity index (χ2v) is 9.90. The van der Waals surface area contributed by atoms with E-state index in [9.17, 15) is 19.2 Å². The summed E-state index contributed by atoms with van der Waals surface area (Å²) in [6, 6.07) is 15.1. The Kier molecular flexibility index (Phi) is 12.0. The third-order valence-electron chi connectivity index (χ3n) is 7.43. The third-order valence-corrected chi connectivity index (χ3v) is 7.43. The minimum absolute atomic E-state index is 0.228. The highest BCUT2D eigenvalue weighted by Crippen LogP contribution is 2.36. The van der Waals surface area contributed by atoms with Gasteiger partial charge in [-0.2, -0.15) is 9.98 Å². The molecule has 0 spiro atoms. The van der Waals surface area contributed by atoms with Gasteiger partial charge in [0.1, 0.15) is 0 Å². The van der Waals surface area contributed by atoms with Gasteiger partial charge in [0, 0.05) is 0 Å². The molecule has 0 heterocycles. The van der Waals surface area contributed by atoms with Gasteiger partial charge in [-0.25, -0.2) is 29.2 Å². The molecule has 0 atom stereocenters. The Balaban J connectivity index is 0.000000211. The number of nitrogens with zero attached hydrogens (tertiary/aromatic N) is 4. The summed E-state index contributed by atoms with van der Waals surface area (Å²) < 4.78 is 0. The maximum absolute atomic E-state index is 10.4. The maximum atomic E-state index is 10.4. The van der Waals surface area contributed by atoms with Crippen LogP contribution in [-0.4, -0.2) is 36.4 Å². The largest absolute Gasteiger partial charge is 0.240 e. The fourth-order valence-electron chi connectivity index (χ4n) is 5.42. The highest BCUT2D eigenvalue weighted by Gasteiger charge is 2.26. The van der Waals surface area contributed by atoms with E-state index in [1.807, 2.05) is 30.3 Å². The number of para-hydroxylation sites is 1. The SMILES string of the molecule is O=C=NC1CCC(CC2CCC(N=C=O)CC2)CC1.O=C=Nc1ccc(Cc2ccccc2N=C=O)cc1. The van der Waals surface area contributed by atoms with Crippen molar-refractivity contribution >= 4 is 35.7 Å². The maximum Gasteiger partial charge on any atom is 0.240 e. The Labute approximate surface area is 222 Å². The van der Waals surface area contributed by atoms with Gasteiger partial charge in [0.2, 0.25) is 24.3 Å². The summed E-state index contributed by atoms with van der Waals surface area (Å²) in [4.78, 5) is 55.8. The van der Waals surface area contributed by atoms with Crippen LogP contribution < -0.4 is 0 Å². The molecule has 4 rings (SSSR count). The van der Waals surface area contributed by atoms with E-state index in [-0.39, 0.29) is 12.1 Å². The molecular formula is C30H32N4O4. The smallest absolute Gasteiger partial charge is 0.211 e. The molecule has 2 saturated carbocycles. The van der Waals surface area contributed by atoms with Gasteiger partial charge in [0.15, 0.2) is 0 Å². The second kappa shape index (κ2) is 15.9. The van der Waals surface area contributed by atoms with Gasteiger partial charge in [-0.15, -0.1) is 0 Å². The van der Waals surface area contributed by atoms with Crippen molar-refractivity contribution in [1.82, 2.24) is 0 Å². The minimum Gasteiger partial charge on any atom is -0.211 e. The zero-order chi connectivity index (χ0) is 27.0. The molecule has 0 amide bonds. The Bertz CT molecular complexity index is 1180. The molecule has 2 fully saturated rings. The first-order chi connectivity index (χ1) is 18.6. The quantitative estimate of drug-likeness (QED) is 0.301. The number of aliphatic imine (C=N–C) groups is 4. The average molecular weight is 513 g/mol. The summed E-state index contributed by atoms with van der Waals surface area (Å²) in [6.07, 6.45) is 17.3. The number of hydrogen-bond donors (Lipinski definition) is 0. The van der Waals surface area contributed by atoms with E-state index in [0.29, 0.717) is 17.8 Å².